The zero-order valence-electron chi connectivity index (χ0n) is 27.7. The van der Waals surface area contributed by atoms with E-state index >= 15 is 0 Å². The molecule has 4 nitrogen and oxygen atoms in total. The minimum Gasteiger partial charge on any atom is -0.507 e. The molecule has 0 amide bonds. The van der Waals surface area contributed by atoms with Crippen molar-refractivity contribution in [3.63, 3.8) is 0 Å². The van der Waals surface area contributed by atoms with Gasteiger partial charge in [-0.1, -0.05) is 128 Å². The third kappa shape index (κ3) is 6.08. The monoisotopic (exact) mass is 827 g/mol. The van der Waals surface area contributed by atoms with Gasteiger partial charge in [-0.2, -0.15) is 0 Å². The number of para-hydroxylation sites is 3. The van der Waals surface area contributed by atoms with Gasteiger partial charge in [0, 0.05) is 44.1 Å². The Morgan fingerprint density at radius 1 is 0.600 bits per heavy atom. The van der Waals surface area contributed by atoms with Gasteiger partial charge in [-0.05, 0) is 58.7 Å². The third-order valence-corrected chi connectivity index (χ3v) is 9.40. The summed E-state index contributed by atoms with van der Waals surface area (Å²) in [5.41, 5.74) is 11.8. The third-order valence-electron chi connectivity index (χ3n) is 9.40. The first-order chi connectivity index (χ1) is 24.0. The van der Waals surface area contributed by atoms with Gasteiger partial charge in [0.05, 0.1) is 16.6 Å². The minimum atomic E-state index is -0.0966. The van der Waals surface area contributed by atoms with Gasteiger partial charge in [-0.25, -0.2) is 4.98 Å². The Hall–Kier alpha value is -5.57. The van der Waals surface area contributed by atoms with Crippen molar-refractivity contribution in [1.82, 2.24) is 14.5 Å². The molecule has 0 saturated carbocycles. The van der Waals surface area contributed by atoms with Crippen LogP contribution in [0.25, 0.3) is 61.6 Å². The van der Waals surface area contributed by atoms with Gasteiger partial charge in [0.25, 0.3) is 0 Å². The smallest absolute Gasteiger partial charge is 0.148 e. The van der Waals surface area contributed by atoms with Crippen molar-refractivity contribution in [3.05, 3.63) is 181 Å². The zero-order valence-corrected chi connectivity index (χ0v) is 30.0. The van der Waals surface area contributed by atoms with E-state index in [4.69, 9.17) is 9.97 Å². The number of nitrogens with zero attached hydrogens (tertiary/aromatic N) is 3. The van der Waals surface area contributed by atoms with Gasteiger partial charge < -0.3 is 5.11 Å². The van der Waals surface area contributed by atoms with Crippen molar-refractivity contribution in [2.24, 2.45) is 0 Å². The van der Waals surface area contributed by atoms with E-state index in [1.165, 1.54) is 11.1 Å². The maximum atomic E-state index is 10.8. The van der Waals surface area contributed by atoms with Crippen LogP contribution < -0.4 is 0 Å². The molecule has 0 spiro atoms. The van der Waals surface area contributed by atoms with Crippen molar-refractivity contribution in [3.8, 4) is 56.3 Å². The van der Waals surface area contributed by atoms with Crippen LogP contribution in [0, 0.1) is 6.07 Å². The molecule has 8 rings (SSSR count). The number of phenols is 1. The number of benzene rings is 6. The van der Waals surface area contributed by atoms with E-state index in [2.05, 4.69) is 134 Å². The Kier molecular flexibility index (Phi) is 9.06. The average Bonchev–Trinajstić information content (AvgIpc) is 3.55. The maximum absolute atomic E-state index is 10.8. The molecule has 50 heavy (non-hydrogen) atoms. The number of aromatic nitrogens is 3. The molecule has 0 unspecified atom stereocenters. The van der Waals surface area contributed by atoms with E-state index in [1.807, 2.05) is 48.7 Å². The van der Waals surface area contributed by atoms with Crippen molar-refractivity contribution >= 4 is 11.0 Å². The molecule has 5 heteroatoms. The number of rotatable bonds is 7. The molecule has 0 bridgehead atoms. The van der Waals surface area contributed by atoms with Gasteiger partial charge >= 0.3 is 0 Å². The van der Waals surface area contributed by atoms with Crippen LogP contribution in [0.1, 0.15) is 25.0 Å². The Morgan fingerprint density at radius 3 is 2.00 bits per heavy atom. The van der Waals surface area contributed by atoms with Crippen LogP contribution in [0.15, 0.2) is 164 Å². The predicted octanol–water partition coefficient (Wildman–Crippen LogP) is 10.9. The van der Waals surface area contributed by atoms with Crippen LogP contribution >= 0.6 is 0 Å². The molecule has 1 N–H and O–H groups in total. The van der Waals surface area contributed by atoms with Crippen molar-refractivity contribution < 1.29 is 26.2 Å². The van der Waals surface area contributed by atoms with Crippen LogP contribution in [0.4, 0.5) is 0 Å². The SMILES string of the molecule is CC(C)(c1ccccc1)c1ccc(-c2ccnc(-c3[c-]c(-c4cccc5c4nc(-c4ccccc4O)n5-c4ccccc4)ccc3)c2)cc1.[Pt]. The van der Waals surface area contributed by atoms with E-state index < -0.39 is 0 Å². The molecule has 0 fully saturated rings. The fourth-order valence-corrected chi connectivity index (χ4v) is 6.63. The van der Waals surface area contributed by atoms with Crippen LogP contribution in [0.5, 0.6) is 5.75 Å². The van der Waals surface area contributed by atoms with Crippen LogP contribution in [-0.2, 0) is 26.5 Å². The minimum absolute atomic E-state index is 0. The molecule has 6 aromatic carbocycles. The Bertz CT molecular complexity index is 2420. The Morgan fingerprint density at radius 2 is 1.24 bits per heavy atom. The molecular weight excluding hydrogens is 794 g/mol. The molecule has 0 saturated heterocycles. The summed E-state index contributed by atoms with van der Waals surface area (Å²) in [7, 11) is 0. The van der Waals surface area contributed by atoms with Gasteiger partial charge in [0.15, 0.2) is 0 Å². The summed E-state index contributed by atoms with van der Waals surface area (Å²) in [6, 6.07) is 57.2. The Labute approximate surface area is 307 Å². The molecule has 0 aliphatic carbocycles. The standard InChI is InChI=1S/C45H34N3O.Pt/c1-45(2,35-15-5-3-6-16-35)36-25-23-31(24-26-36)32-27-28-46-40(30-32)34-14-11-13-33(29-34)38-20-12-21-41-43(38)47-44(39-19-9-10-22-42(39)49)48(41)37-17-7-4-8-18-37;/h3-28,30,49H,1-2H3;/q-1;. The quantitative estimate of drug-likeness (QED) is 0.163. The predicted molar refractivity (Wildman–Crippen MR) is 200 cm³/mol. The molecule has 0 radical (unpaired) electrons. The average molecular weight is 828 g/mol. The van der Waals surface area contributed by atoms with E-state index in [0.29, 0.717) is 11.4 Å². The molecule has 2 aromatic heterocycles. The van der Waals surface area contributed by atoms with E-state index in [0.717, 1.165) is 50.2 Å². The number of pyridine rings is 1. The van der Waals surface area contributed by atoms with Gasteiger partial charge in [-0.3, -0.25) is 9.55 Å². The second-order valence-electron chi connectivity index (χ2n) is 12.8. The molecule has 0 aliphatic heterocycles. The molecule has 2 heterocycles. The summed E-state index contributed by atoms with van der Waals surface area (Å²) in [5.74, 6) is 0.862. The van der Waals surface area contributed by atoms with Crippen LogP contribution in [0.3, 0.4) is 0 Å². The van der Waals surface area contributed by atoms with Gasteiger partial charge in [0.1, 0.15) is 11.6 Å². The number of aromatic hydroxyl groups is 1. The van der Waals surface area contributed by atoms with E-state index in [9.17, 15) is 5.11 Å². The molecular formula is C45H34N3OPt-. The first kappa shape index (κ1) is 33.0. The number of hydrogen-bond donors (Lipinski definition) is 1. The summed E-state index contributed by atoms with van der Waals surface area (Å²) < 4.78 is 2.11. The van der Waals surface area contributed by atoms with Crippen molar-refractivity contribution in [2.75, 3.05) is 0 Å². The summed E-state index contributed by atoms with van der Waals surface area (Å²) in [5, 5.41) is 10.8. The fourth-order valence-electron chi connectivity index (χ4n) is 6.63. The molecule has 246 valence electrons. The first-order valence-corrected chi connectivity index (χ1v) is 16.5. The van der Waals surface area contributed by atoms with Crippen molar-refractivity contribution in [2.45, 2.75) is 19.3 Å². The first-order valence-electron chi connectivity index (χ1n) is 16.5. The van der Waals surface area contributed by atoms with Crippen LogP contribution in [0.2, 0.25) is 0 Å². The molecule has 0 aliphatic rings. The topological polar surface area (TPSA) is 50.9 Å². The van der Waals surface area contributed by atoms with Crippen LogP contribution in [-0.4, -0.2) is 19.6 Å². The fraction of sp³-hybridized carbons (Fsp3) is 0.0667. The second kappa shape index (κ2) is 13.7. The maximum Gasteiger partial charge on any atom is 0.148 e. The Balaban J connectivity index is 0.00000392. The number of fused-ring (bicyclic) bond motifs is 1. The molecule has 8 aromatic rings. The molecule has 0 atom stereocenters. The van der Waals surface area contributed by atoms with Gasteiger partial charge in [-0.15, -0.1) is 29.8 Å². The van der Waals surface area contributed by atoms with E-state index in [1.54, 1.807) is 6.07 Å². The normalized spacial score (nSPS) is 11.3. The summed E-state index contributed by atoms with van der Waals surface area (Å²) in [6.45, 7) is 4.54. The number of imidazole rings is 1. The van der Waals surface area contributed by atoms with Gasteiger partial charge in [0.2, 0.25) is 0 Å². The number of phenolic OH excluding ortho intramolecular Hbond substituents is 1. The van der Waals surface area contributed by atoms with Crippen molar-refractivity contribution in [1.29, 1.82) is 0 Å². The largest absolute Gasteiger partial charge is 0.507 e. The van der Waals surface area contributed by atoms with E-state index in [-0.39, 0.29) is 32.2 Å². The number of hydrogen-bond acceptors (Lipinski definition) is 3. The summed E-state index contributed by atoms with van der Waals surface area (Å²) >= 11 is 0. The summed E-state index contributed by atoms with van der Waals surface area (Å²) in [4.78, 5) is 9.92. The zero-order chi connectivity index (χ0) is 33.4. The summed E-state index contributed by atoms with van der Waals surface area (Å²) in [6.07, 6.45) is 1.87. The second-order valence-corrected chi connectivity index (χ2v) is 12.8.